The van der Waals surface area contributed by atoms with Crippen LogP contribution in [-0.2, 0) is 4.74 Å². The lowest BCUT2D eigenvalue weighted by atomic mass is 10.1. The standard InChI is InChI=1S/C21H18ClFN4O4S/c1-4-29-16-8-24-17-12(5-10(2)6-14(17)25-16)19-26-15-7-13(23)18(27-20(15)32-19)31-11(3)9-30-21(22)28/h5-8,11H,4,9H2,1-3H3. The van der Waals surface area contributed by atoms with Gasteiger partial charge in [0.2, 0.25) is 5.88 Å². The first kappa shape index (κ1) is 22.1. The second-order valence-corrected chi connectivity index (χ2v) is 8.20. The highest BCUT2D eigenvalue weighted by molar-refractivity contribution is 7.21. The molecule has 0 amide bonds. The first-order valence-electron chi connectivity index (χ1n) is 9.70. The van der Waals surface area contributed by atoms with Crippen molar-refractivity contribution in [2.45, 2.75) is 26.9 Å². The van der Waals surface area contributed by atoms with Crippen LogP contribution < -0.4 is 9.47 Å². The number of fused-ring (bicyclic) bond motifs is 2. The summed E-state index contributed by atoms with van der Waals surface area (Å²) in [5, 5.41) is 0.625. The maximum Gasteiger partial charge on any atom is 0.403 e. The van der Waals surface area contributed by atoms with Gasteiger partial charge in [0.15, 0.2) is 5.82 Å². The molecule has 0 saturated heterocycles. The van der Waals surface area contributed by atoms with E-state index >= 15 is 0 Å². The van der Waals surface area contributed by atoms with Crippen LogP contribution in [0.4, 0.5) is 9.18 Å². The summed E-state index contributed by atoms with van der Waals surface area (Å²) < 4.78 is 30.1. The van der Waals surface area contributed by atoms with E-state index in [-0.39, 0.29) is 12.5 Å². The van der Waals surface area contributed by atoms with E-state index in [9.17, 15) is 9.18 Å². The van der Waals surface area contributed by atoms with Gasteiger partial charge in [0.1, 0.15) is 28.1 Å². The highest BCUT2D eigenvalue weighted by Gasteiger charge is 2.18. The van der Waals surface area contributed by atoms with E-state index in [4.69, 9.17) is 21.1 Å². The van der Waals surface area contributed by atoms with Gasteiger partial charge in [0.05, 0.1) is 23.8 Å². The highest BCUT2D eigenvalue weighted by atomic mass is 35.5. The number of ether oxygens (including phenoxy) is 3. The number of halogens is 2. The van der Waals surface area contributed by atoms with Gasteiger partial charge in [-0.05, 0) is 38.5 Å². The van der Waals surface area contributed by atoms with Crippen molar-refractivity contribution in [3.8, 4) is 22.3 Å². The molecule has 1 atom stereocenters. The smallest absolute Gasteiger partial charge is 0.403 e. The molecule has 11 heteroatoms. The number of pyridine rings is 1. The van der Waals surface area contributed by atoms with Crippen LogP contribution in [0.25, 0.3) is 32.0 Å². The van der Waals surface area contributed by atoms with Gasteiger partial charge in [-0.1, -0.05) is 11.3 Å². The highest BCUT2D eigenvalue weighted by Crippen LogP contribution is 2.35. The Morgan fingerprint density at radius 1 is 1.22 bits per heavy atom. The number of carbonyl (C=O) groups excluding carboxylic acids is 1. The molecule has 32 heavy (non-hydrogen) atoms. The first-order chi connectivity index (χ1) is 15.3. The van der Waals surface area contributed by atoms with Crippen LogP contribution in [-0.4, -0.2) is 44.7 Å². The Labute approximate surface area is 191 Å². The van der Waals surface area contributed by atoms with Gasteiger partial charge in [0.25, 0.3) is 5.88 Å². The number of nitrogens with zero attached hydrogens (tertiary/aromatic N) is 4. The van der Waals surface area contributed by atoms with E-state index in [1.54, 1.807) is 13.1 Å². The molecule has 166 valence electrons. The number of aryl methyl sites for hydroxylation is 1. The van der Waals surface area contributed by atoms with Gasteiger partial charge in [-0.25, -0.2) is 24.1 Å². The van der Waals surface area contributed by atoms with Gasteiger partial charge in [-0.2, -0.15) is 4.98 Å². The molecule has 4 aromatic rings. The molecule has 0 N–H and O–H groups in total. The maximum atomic E-state index is 14.5. The van der Waals surface area contributed by atoms with E-state index in [1.165, 1.54) is 17.4 Å². The van der Waals surface area contributed by atoms with Crippen LogP contribution in [0, 0.1) is 12.7 Å². The molecule has 3 aromatic heterocycles. The Morgan fingerprint density at radius 2 is 2.03 bits per heavy atom. The Balaban J connectivity index is 1.71. The SMILES string of the molecule is CCOc1cnc2c(-c3nc4cc(F)c(OC(C)COC(=O)Cl)nc4s3)cc(C)cc2n1. The van der Waals surface area contributed by atoms with Crippen LogP contribution in [0.15, 0.2) is 24.4 Å². The number of hydrogen-bond acceptors (Lipinski definition) is 9. The van der Waals surface area contributed by atoms with Crippen molar-refractivity contribution >= 4 is 49.7 Å². The predicted octanol–water partition coefficient (Wildman–Crippen LogP) is 5.29. The Hall–Kier alpha value is -3.11. The van der Waals surface area contributed by atoms with Gasteiger partial charge in [0, 0.05) is 23.2 Å². The Morgan fingerprint density at radius 3 is 2.78 bits per heavy atom. The number of carbonyl (C=O) groups is 1. The first-order valence-corrected chi connectivity index (χ1v) is 10.9. The average molecular weight is 477 g/mol. The van der Waals surface area contributed by atoms with Crippen molar-refractivity contribution in [1.82, 2.24) is 19.9 Å². The summed E-state index contributed by atoms with van der Waals surface area (Å²) in [6.45, 7) is 5.80. The summed E-state index contributed by atoms with van der Waals surface area (Å²) in [6, 6.07) is 5.13. The number of thiazole rings is 1. The minimum atomic E-state index is -0.960. The molecule has 0 aliphatic heterocycles. The largest absolute Gasteiger partial charge is 0.477 e. The zero-order valence-electron chi connectivity index (χ0n) is 17.4. The molecule has 0 aliphatic rings. The molecular weight excluding hydrogens is 459 g/mol. The summed E-state index contributed by atoms with van der Waals surface area (Å²) in [5.74, 6) is -0.435. The molecule has 0 spiro atoms. The summed E-state index contributed by atoms with van der Waals surface area (Å²) in [5.41, 5.74) is 2.51. The fraction of sp³-hybridized carbons (Fsp3) is 0.286. The minimum absolute atomic E-state index is 0.132. The molecule has 0 saturated carbocycles. The second kappa shape index (κ2) is 9.17. The molecule has 1 unspecified atom stereocenters. The molecule has 0 bridgehead atoms. The van der Waals surface area contributed by atoms with Crippen LogP contribution >= 0.6 is 22.9 Å². The van der Waals surface area contributed by atoms with Crippen molar-refractivity contribution < 1.29 is 23.4 Å². The molecule has 1 aromatic carbocycles. The van der Waals surface area contributed by atoms with Crippen LogP contribution in [0.5, 0.6) is 11.8 Å². The Bertz CT molecular complexity index is 1320. The summed E-state index contributed by atoms with van der Waals surface area (Å²) in [6.07, 6.45) is 0.928. The fourth-order valence-electron chi connectivity index (χ4n) is 3.06. The second-order valence-electron chi connectivity index (χ2n) is 6.92. The lowest BCUT2D eigenvalue weighted by Gasteiger charge is -2.13. The van der Waals surface area contributed by atoms with Gasteiger partial charge in [-0.15, -0.1) is 0 Å². The van der Waals surface area contributed by atoms with Gasteiger partial charge in [-0.3, -0.25) is 0 Å². The van der Waals surface area contributed by atoms with Crippen molar-refractivity contribution in [3.05, 3.63) is 35.8 Å². The quantitative estimate of drug-likeness (QED) is 0.332. The van der Waals surface area contributed by atoms with E-state index in [1.807, 2.05) is 26.0 Å². The number of aromatic nitrogens is 4. The molecule has 0 aliphatic carbocycles. The third kappa shape index (κ3) is 4.71. The van der Waals surface area contributed by atoms with Crippen LogP contribution in [0.3, 0.4) is 0 Å². The van der Waals surface area contributed by atoms with Crippen LogP contribution in [0.1, 0.15) is 19.4 Å². The predicted molar refractivity (Wildman–Crippen MR) is 119 cm³/mol. The number of hydrogen-bond donors (Lipinski definition) is 0. The van der Waals surface area contributed by atoms with Gasteiger partial charge < -0.3 is 14.2 Å². The fourth-order valence-corrected chi connectivity index (χ4v) is 4.05. The van der Waals surface area contributed by atoms with E-state index in [0.717, 1.165) is 11.1 Å². The summed E-state index contributed by atoms with van der Waals surface area (Å²) >= 11 is 6.42. The monoisotopic (exact) mass is 476 g/mol. The van der Waals surface area contributed by atoms with E-state index < -0.39 is 17.3 Å². The lowest BCUT2D eigenvalue weighted by Crippen LogP contribution is -2.20. The van der Waals surface area contributed by atoms with Crippen LogP contribution in [0.2, 0.25) is 0 Å². The molecule has 4 rings (SSSR count). The summed E-state index contributed by atoms with van der Waals surface area (Å²) in [7, 11) is 0. The van der Waals surface area contributed by atoms with Crippen molar-refractivity contribution in [3.63, 3.8) is 0 Å². The number of rotatable bonds is 7. The van der Waals surface area contributed by atoms with Crippen molar-refractivity contribution in [2.75, 3.05) is 13.2 Å². The average Bonchev–Trinajstić information content (AvgIpc) is 3.14. The molecule has 0 fully saturated rings. The topological polar surface area (TPSA) is 96.3 Å². The zero-order valence-corrected chi connectivity index (χ0v) is 19.0. The number of benzene rings is 1. The molecule has 8 nitrogen and oxygen atoms in total. The molecule has 0 radical (unpaired) electrons. The zero-order chi connectivity index (χ0) is 22.8. The van der Waals surface area contributed by atoms with Crippen molar-refractivity contribution in [2.24, 2.45) is 0 Å². The van der Waals surface area contributed by atoms with Crippen molar-refractivity contribution in [1.29, 1.82) is 0 Å². The lowest BCUT2D eigenvalue weighted by molar-refractivity contribution is 0.100. The molecular formula is C21H18ClFN4O4S. The minimum Gasteiger partial charge on any atom is -0.477 e. The molecule has 3 heterocycles. The third-order valence-electron chi connectivity index (χ3n) is 4.34. The van der Waals surface area contributed by atoms with Gasteiger partial charge >= 0.3 is 5.43 Å². The summed E-state index contributed by atoms with van der Waals surface area (Å²) in [4.78, 5) is 29.0. The Kier molecular flexibility index (Phi) is 6.33. The van der Waals surface area contributed by atoms with E-state index in [0.29, 0.717) is 38.9 Å². The normalized spacial score (nSPS) is 12.2. The maximum absolute atomic E-state index is 14.5. The van der Waals surface area contributed by atoms with E-state index in [2.05, 4.69) is 24.7 Å². The third-order valence-corrected chi connectivity index (χ3v) is 5.45.